The molecule has 0 aromatic carbocycles. The van der Waals surface area contributed by atoms with E-state index in [4.69, 9.17) is 15.3 Å². The molecular weight excluding hydrogens is 250 g/mol. The third-order valence-corrected chi connectivity index (χ3v) is 0.421. The van der Waals surface area contributed by atoms with Crippen LogP contribution in [0.25, 0.3) is 0 Å². The van der Waals surface area contributed by atoms with E-state index in [1.807, 2.05) is 0 Å². The molecule has 0 aliphatic rings. The van der Waals surface area contributed by atoms with Crippen LogP contribution < -0.4 is 75.4 Å². The van der Waals surface area contributed by atoms with E-state index in [1.165, 1.54) is 0 Å². The monoisotopic (exact) mass is 258 g/mol. The average molecular weight is 258 g/mol. The summed E-state index contributed by atoms with van der Waals surface area (Å²) in [5.41, 5.74) is 0. The molecule has 0 atom stereocenters. The van der Waals surface area contributed by atoms with E-state index < -0.39 is 6.10 Å². The summed E-state index contributed by atoms with van der Waals surface area (Å²) in [4.78, 5) is 0. The Balaban J connectivity index is -0.000000125. The summed E-state index contributed by atoms with van der Waals surface area (Å²) < 4.78 is 0. The van der Waals surface area contributed by atoms with Gasteiger partial charge in [0.2, 0.25) is 0 Å². The van der Waals surface area contributed by atoms with E-state index in [0.717, 1.165) is 0 Å². The molecule has 0 aliphatic carbocycles. The van der Waals surface area contributed by atoms with Crippen molar-refractivity contribution in [2.45, 2.75) is 6.10 Å². The molecule has 0 aromatic heterocycles. The molecule has 0 aromatic rings. The number of rotatable bonds is 2. The molecule has 0 spiro atoms. The molecule has 8 heavy (non-hydrogen) atoms. The number of hydrogen-bond acceptors (Lipinski definition) is 3. The molecule has 0 rings (SSSR count). The van der Waals surface area contributed by atoms with Gasteiger partial charge < -0.3 is 39.3 Å². The van der Waals surface area contributed by atoms with E-state index in [-0.39, 0.29) is 88.6 Å². The molecular formula is C3H8IKO3. The maximum atomic E-state index is 8.17. The van der Waals surface area contributed by atoms with Gasteiger partial charge in [-0.15, -0.1) is 0 Å². The van der Waals surface area contributed by atoms with Crippen molar-refractivity contribution in [2.75, 3.05) is 13.2 Å². The molecule has 0 unspecified atom stereocenters. The van der Waals surface area contributed by atoms with Crippen LogP contribution in [0.5, 0.6) is 0 Å². The molecule has 0 amide bonds. The molecule has 0 bridgehead atoms. The van der Waals surface area contributed by atoms with Crippen LogP contribution in [0, 0.1) is 0 Å². The first kappa shape index (κ1) is 16.7. The fourth-order valence-corrected chi connectivity index (χ4v) is 0.0577. The number of aliphatic hydroxyl groups excluding tert-OH is 3. The second-order valence-electron chi connectivity index (χ2n) is 1.02. The molecule has 0 saturated heterocycles. The third-order valence-electron chi connectivity index (χ3n) is 0.421. The van der Waals surface area contributed by atoms with Gasteiger partial charge in [-0.3, -0.25) is 0 Å². The van der Waals surface area contributed by atoms with Gasteiger partial charge in [0, 0.05) is 0 Å². The first-order valence-corrected chi connectivity index (χ1v) is 1.71. The van der Waals surface area contributed by atoms with Gasteiger partial charge in [0.05, 0.1) is 13.2 Å². The quantitative estimate of drug-likeness (QED) is 0.340. The van der Waals surface area contributed by atoms with Gasteiger partial charge in [-0.25, -0.2) is 0 Å². The van der Waals surface area contributed by atoms with E-state index in [9.17, 15) is 0 Å². The van der Waals surface area contributed by atoms with E-state index in [2.05, 4.69) is 0 Å². The number of halogens is 1. The Hall–Kier alpha value is 2.25. The van der Waals surface area contributed by atoms with Gasteiger partial charge in [-0.05, 0) is 0 Å². The molecule has 46 valence electrons. The maximum absolute atomic E-state index is 8.17. The summed E-state index contributed by atoms with van der Waals surface area (Å²) in [6, 6.07) is 0. The van der Waals surface area contributed by atoms with Crippen molar-refractivity contribution in [3.63, 3.8) is 0 Å². The van der Waals surface area contributed by atoms with Gasteiger partial charge in [-0.1, -0.05) is 0 Å². The smallest absolute Gasteiger partial charge is 1.00 e. The van der Waals surface area contributed by atoms with Crippen LogP contribution in [0.4, 0.5) is 0 Å². The number of hydrogen-bond donors (Lipinski definition) is 3. The van der Waals surface area contributed by atoms with Gasteiger partial charge in [0.1, 0.15) is 6.10 Å². The van der Waals surface area contributed by atoms with Gasteiger partial charge in [0.25, 0.3) is 0 Å². The first-order valence-electron chi connectivity index (χ1n) is 1.71. The Morgan fingerprint density at radius 2 is 1.38 bits per heavy atom. The van der Waals surface area contributed by atoms with Crippen LogP contribution >= 0.6 is 0 Å². The first-order chi connectivity index (χ1) is 2.81. The van der Waals surface area contributed by atoms with Crippen molar-refractivity contribution < 1.29 is 90.7 Å². The Morgan fingerprint density at radius 3 is 1.38 bits per heavy atom. The van der Waals surface area contributed by atoms with Crippen molar-refractivity contribution in [3.8, 4) is 0 Å². The molecule has 0 heterocycles. The van der Waals surface area contributed by atoms with Crippen molar-refractivity contribution in [3.05, 3.63) is 0 Å². The second kappa shape index (κ2) is 12.0. The normalized spacial score (nSPS) is 7.50. The van der Waals surface area contributed by atoms with Crippen molar-refractivity contribution in [1.29, 1.82) is 0 Å². The molecule has 0 aliphatic heterocycles. The standard InChI is InChI=1S/C3H8O3.HI.K/c4-1-3(6)2-5;;/h3-6H,1-2H2;1H;/q;;+1/p-1. The fraction of sp³-hybridized carbons (Fsp3) is 1.00. The summed E-state index contributed by atoms with van der Waals surface area (Å²) in [6.45, 7) is -0.729. The number of aliphatic hydroxyl groups is 3. The fourth-order valence-electron chi connectivity index (χ4n) is 0.0577. The zero-order valence-electron chi connectivity index (χ0n) is 4.71. The minimum atomic E-state index is -0.954. The summed E-state index contributed by atoms with van der Waals surface area (Å²) >= 11 is 0. The largest absolute Gasteiger partial charge is 1.00 e. The molecule has 3 nitrogen and oxygen atoms in total. The van der Waals surface area contributed by atoms with Crippen molar-refractivity contribution in [2.24, 2.45) is 0 Å². The third kappa shape index (κ3) is 11.1. The molecule has 0 radical (unpaired) electrons. The van der Waals surface area contributed by atoms with E-state index in [0.29, 0.717) is 0 Å². The van der Waals surface area contributed by atoms with Gasteiger partial charge >= 0.3 is 51.4 Å². The Labute approximate surface area is 108 Å². The Morgan fingerprint density at radius 1 is 1.12 bits per heavy atom. The predicted octanol–water partition coefficient (Wildman–Crippen LogP) is -7.66. The van der Waals surface area contributed by atoms with Crippen LogP contribution in [0.3, 0.4) is 0 Å². The minimum Gasteiger partial charge on any atom is -1.00 e. The van der Waals surface area contributed by atoms with Crippen molar-refractivity contribution in [1.82, 2.24) is 0 Å². The van der Waals surface area contributed by atoms with Crippen LogP contribution in [0.15, 0.2) is 0 Å². The molecule has 3 N–H and O–H groups in total. The molecule has 0 saturated carbocycles. The van der Waals surface area contributed by atoms with Crippen LogP contribution in [-0.2, 0) is 0 Å². The van der Waals surface area contributed by atoms with Crippen LogP contribution in [0.1, 0.15) is 0 Å². The minimum absolute atomic E-state index is 0. The van der Waals surface area contributed by atoms with E-state index in [1.54, 1.807) is 0 Å². The summed E-state index contributed by atoms with van der Waals surface area (Å²) in [6.07, 6.45) is -0.954. The Kier molecular flexibility index (Phi) is 25.0. The zero-order valence-corrected chi connectivity index (χ0v) is 9.99. The Bertz CT molecular complexity index is 33.7. The maximum Gasteiger partial charge on any atom is 1.00 e. The summed E-state index contributed by atoms with van der Waals surface area (Å²) in [5, 5.41) is 24.0. The van der Waals surface area contributed by atoms with Crippen LogP contribution in [0.2, 0.25) is 0 Å². The van der Waals surface area contributed by atoms with Gasteiger partial charge in [-0.2, -0.15) is 0 Å². The van der Waals surface area contributed by atoms with Crippen molar-refractivity contribution >= 4 is 0 Å². The van der Waals surface area contributed by atoms with E-state index >= 15 is 0 Å². The molecule has 5 heteroatoms. The topological polar surface area (TPSA) is 60.7 Å². The van der Waals surface area contributed by atoms with Gasteiger partial charge in [0.15, 0.2) is 0 Å². The zero-order chi connectivity index (χ0) is 4.99. The second-order valence-corrected chi connectivity index (χ2v) is 1.02. The average Bonchev–Trinajstić information content (AvgIpc) is 1.65. The van der Waals surface area contributed by atoms with Crippen LogP contribution in [-0.4, -0.2) is 34.6 Å². The summed E-state index contributed by atoms with van der Waals surface area (Å²) in [7, 11) is 0. The molecule has 0 fully saturated rings. The predicted molar refractivity (Wildman–Crippen MR) is 20.2 cm³/mol. The SMILES string of the molecule is OCC(O)CO.[I-].[K+]. The summed E-state index contributed by atoms with van der Waals surface area (Å²) in [5.74, 6) is 0.